The highest BCUT2D eigenvalue weighted by Crippen LogP contribution is 2.67. The van der Waals surface area contributed by atoms with Crippen molar-refractivity contribution in [1.82, 2.24) is 5.32 Å². The molecule has 3 fully saturated rings. The molecule has 0 unspecified atom stereocenters. The van der Waals surface area contributed by atoms with Crippen LogP contribution in [0.1, 0.15) is 105 Å². The lowest BCUT2D eigenvalue weighted by molar-refractivity contribution is -0.869. The van der Waals surface area contributed by atoms with Gasteiger partial charge in [-0.3, -0.25) is 4.79 Å². The second-order valence-corrected chi connectivity index (χ2v) is 15.5. The predicted molar refractivity (Wildman–Crippen MR) is 152 cm³/mol. The maximum Gasteiger partial charge on any atom is 0.223 e. The van der Waals surface area contributed by atoms with E-state index in [4.69, 9.17) is 0 Å². The molecule has 3 saturated carbocycles. The Hall–Kier alpha value is -0.830. The largest absolute Gasteiger partial charge is 0.350 e. The minimum absolute atomic E-state index is 0.185. The molecular weight excluding hydrogens is 440 g/mol. The van der Waals surface area contributed by atoms with E-state index >= 15 is 0 Å². The van der Waals surface area contributed by atoms with Gasteiger partial charge in [-0.2, -0.15) is 0 Å². The van der Waals surface area contributed by atoms with E-state index < -0.39 is 0 Å². The molecule has 0 heterocycles. The van der Waals surface area contributed by atoms with Crippen molar-refractivity contribution in [2.75, 3.05) is 34.2 Å². The Bertz CT molecular complexity index is 809. The third-order valence-electron chi connectivity index (χ3n) is 11.8. The van der Waals surface area contributed by atoms with Crippen LogP contribution in [-0.4, -0.2) is 44.6 Å². The average molecular weight is 500 g/mol. The van der Waals surface area contributed by atoms with Gasteiger partial charge >= 0.3 is 0 Å². The first kappa shape index (κ1) is 28.2. The normalized spacial score (nSPS) is 39.1. The van der Waals surface area contributed by atoms with Gasteiger partial charge < -0.3 is 9.80 Å². The summed E-state index contributed by atoms with van der Waals surface area (Å²) in [4.78, 5) is 13.0. The highest BCUT2D eigenvalue weighted by atomic mass is 16.1. The van der Waals surface area contributed by atoms with Crippen LogP contribution >= 0.6 is 0 Å². The van der Waals surface area contributed by atoms with Crippen LogP contribution in [0, 0.1) is 52.3 Å². The van der Waals surface area contributed by atoms with Gasteiger partial charge in [-0.25, -0.2) is 0 Å². The molecule has 4 aliphatic rings. The van der Waals surface area contributed by atoms with E-state index in [9.17, 15) is 4.79 Å². The molecule has 1 N–H and O–H groups in total. The summed E-state index contributed by atoms with van der Waals surface area (Å²) in [6.45, 7) is 14.4. The van der Waals surface area contributed by atoms with Crippen molar-refractivity contribution in [2.45, 2.75) is 105 Å². The van der Waals surface area contributed by atoms with E-state index in [1.807, 2.05) is 0 Å². The van der Waals surface area contributed by atoms with Gasteiger partial charge in [0, 0.05) is 5.92 Å². The molecule has 3 nitrogen and oxygen atoms in total. The minimum Gasteiger partial charge on any atom is -0.350 e. The van der Waals surface area contributed by atoms with Crippen molar-refractivity contribution >= 4 is 5.91 Å². The Balaban J connectivity index is 1.40. The molecule has 36 heavy (non-hydrogen) atoms. The molecule has 206 valence electrons. The molecule has 3 heteroatoms. The molecule has 0 aliphatic heterocycles. The third kappa shape index (κ3) is 5.62. The van der Waals surface area contributed by atoms with Crippen molar-refractivity contribution in [2.24, 2.45) is 52.3 Å². The topological polar surface area (TPSA) is 29.1 Å². The number of fused-ring (bicyclic) bond motifs is 5. The SMILES string of the molecule is CC(C)CCC[C@@H](C)[C@H]1CC[C@H]2[C@@H]3CC=C4C[C@@H](C(=O)NCC[N+](C)(C)C)CC[C@]4(C)[C@H]3CC[C@]12C. The summed E-state index contributed by atoms with van der Waals surface area (Å²) in [5.41, 5.74) is 2.54. The molecule has 0 aromatic heterocycles. The highest BCUT2D eigenvalue weighted by Gasteiger charge is 2.59. The van der Waals surface area contributed by atoms with Crippen molar-refractivity contribution in [1.29, 1.82) is 0 Å². The van der Waals surface area contributed by atoms with Crippen LogP contribution in [0.3, 0.4) is 0 Å². The second-order valence-electron chi connectivity index (χ2n) is 15.5. The summed E-state index contributed by atoms with van der Waals surface area (Å²) in [5.74, 6) is 5.77. The van der Waals surface area contributed by atoms with Gasteiger partial charge in [0.2, 0.25) is 5.91 Å². The molecule has 0 spiro atoms. The number of quaternary nitrogens is 1. The number of hydrogen-bond donors (Lipinski definition) is 1. The molecule has 4 aliphatic carbocycles. The Labute approximate surface area is 223 Å². The van der Waals surface area contributed by atoms with E-state index in [0.717, 1.165) is 65.9 Å². The minimum atomic E-state index is 0.185. The average Bonchev–Trinajstić information content (AvgIpc) is 3.14. The molecule has 0 aromatic rings. The van der Waals surface area contributed by atoms with Crippen molar-refractivity contribution in [3.05, 3.63) is 11.6 Å². The maximum atomic E-state index is 13.0. The smallest absolute Gasteiger partial charge is 0.223 e. The summed E-state index contributed by atoms with van der Waals surface area (Å²) < 4.78 is 0.898. The van der Waals surface area contributed by atoms with Crippen LogP contribution in [0.15, 0.2) is 11.6 Å². The van der Waals surface area contributed by atoms with E-state index in [1.54, 1.807) is 5.57 Å². The number of nitrogens with zero attached hydrogens (tertiary/aromatic N) is 1. The van der Waals surface area contributed by atoms with Gasteiger partial charge in [0.05, 0.1) is 34.2 Å². The molecular formula is C33H59N2O+. The van der Waals surface area contributed by atoms with Crippen LogP contribution in [0.2, 0.25) is 0 Å². The summed E-state index contributed by atoms with van der Waals surface area (Å²) in [6, 6.07) is 0. The molecule has 8 atom stereocenters. The first-order valence-electron chi connectivity index (χ1n) is 15.6. The standard InChI is InChI=1S/C33H58N2O/c1-23(2)10-9-11-24(3)28-14-15-29-27-13-12-26-22-25(31(36)34-20-21-35(6,7)8)16-18-32(26,4)30(27)17-19-33(28,29)5/h12,23-25,27-30H,9-11,13-22H2,1-8H3/p+1/t24-,25+,27+,28-,29+,30+,32+,33-/m1/s1. The van der Waals surface area contributed by atoms with Gasteiger partial charge in [0.25, 0.3) is 0 Å². The van der Waals surface area contributed by atoms with Crippen LogP contribution in [0.5, 0.6) is 0 Å². The number of nitrogens with one attached hydrogen (secondary N) is 1. The summed E-state index contributed by atoms with van der Waals surface area (Å²) in [6.07, 6.45) is 17.2. The quantitative estimate of drug-likeness (QED) is 0.259. The lowest BCUT2D eigenvalue weighted by Gasteiger charge is -2.58. The first-order valence-corrected chi connectivity index (χ1v) is 15.6. The number of amides is 1. The fraction of sp³-hybridized carbons (Fsp3) is 0.909. The van der Waals surface area contributed by atoms with Gasteiger partial charge in [-0.1, -0.05) is 65.5 Å². The zero-order valence-corrected chi connectivity index (χ0v) is 25.2. The molecule has 0 aromatic carbocycles. The third-order valence-corrected chi connectivity index (χ3v) is 11.8. The summed E-state index contributed by atoms with van der Waals surface area (Å²) in [5, 5.41) is 3.26. The van der Waals surface area contributed by atoms with Gasteiger partial charge in [-0.15, -0.1) is 0 Å². The number of allylic oxidation sites excluding steroid dienone is 2. The van der Waals surface area contributed by atoms with E-state index in [2.05, 4.69) is 67.2 Å². The molecule has 0 saturated heterocycles. The second kappa shape index (κ2) is 10.7. The monoisotopic (exact) mass is 499 g/mol. The molecule has 1 amide bonds. The number of likely N-dealkylation sites (N-methyl/N-ethyl adjacent to an activating group) is 1. The highest BCUT2D eigenvalue weighted by molar-refractivity contribution is 5.79. The number of carbonyl (C=O) groups is 1. The summed E-state index contributed by atoms with van der Waals surface area (Å²) in [7, 11) is 6.57. The van der Waals surface area contributed by atoms with Gasteiger partial charge in [-0.05, 0) is 97.7 Å². The molecule has 0 radical (unpaired) electrons. The van der Waals surface area contributed by atoms with E-state index in [1.165, 1.54) is 57.8 Å². The number of rotatable bonds is 9. The number of hydrogen-bond acceptors (Lipinski definition) is 1. The van der Waals surface area contributed by atoms with Crippen LogP contribution in [0.4, 0.5) is 0 Å². The lowest BCUT2D eigenvalue weighted by Crippen LogP contribution is -2.51. The zero-order chi connectivity index (χ0) is 26.3. The Morgan fingerprint density at radius 2 is 1.78 bits per heavy atom. The van der Waals surface area contributed by atoms with Gasteiger partial charge in [0.1, 0.15) is 0 Å². The molecule has 4 rings (SSSR count). The predicted octanol–water partition coefficient (Wildman–Crippen LogP) is 7.47. The van der Waals surface area contributed by atoms with Gasteiger partial charge in [0.15, 0.2) is 0 Å². The van der Waals surface area contributed by atoms with E-state index in [-0.39, 0.29) is 5.92 Å². The Morgan fingerprint density at radius 3 is 2.47 bits per heavy atom. The first-order chi connectivity index (χ1) is 16.8. The fourth-order valence-corrected chi connectivity index (χ4v) is 9.57. The Kier molecular flexibility index (Phi) is 8.41. The van der Waals surface area contributed by atoms with Crippen molar-refractivity contribution < 1.29 is 9.28 Å². The van der Waals surface area contributed by atoms with Crippen LogP contribution in [0.25, 0.3) is 0 Å². The van der Waals surface area contributed by atoms with Crippen LogP contribution < -0.4 is 5.32 Å². The van der Waals surface area contributed by atoms with Crippen molar-refractivity contribution in [3.8, 4) is 0 Å². The lowest BCUT2D eigenvalue weighted by atomic mass is 9.46. The maximum absolute atomic E-state index is 13.0. The fourth-order valence-electron chi connectivity index (χ4n) is 9.57. The Morgan fingerprint density at radius 1 is 1.03 bits per heavy atom. The zero-order valence-electron chi connectivity index (χ0n) is 25.2. The van der Waals surface area contributed by atoms with E-state index in [0.29, 0.717) is 16.7 Å². The van der Waals surface area contributed by atoms with Crippen LogP contribution in [-0.2, 0) is 4.79 Å². The van der Waals surface area contributed by atoms with Crippen molar-refractivity contribution in [3.63, 3.8) is 0 Å². The number of carbonyl (C=O) groups excluding carboxylic acids is 1. The molecule has 0 bridgehead atoms. The summed E-state index contributed by atoms with van der Waals surface area (Å²) >= 11 is 0.